The zero-order chi connectivity index (χ0) is 9.84. The van der Waals surface area contributed by atoms with Gasteiger partial charge in [0.15, 0.2) is 0 Å². The van der Waals surface area contributed by atoms with Gasteiger partial charge in [-0.05, 0) is 35.0 Å². The highest BCUT2D eigenvalue weighted by Gasteiger charge is 2.02. The number of halogens is 1. The van der Waals surface area contributed by atoms with Crippen LogP contribution in [0.4, 0.5) is 0 Å². The molecule has 1 aromatic rings. The van der Waals surface area contributed by atoms with Crippen molar-refractivity contribution in [3.63, 3.8) is 0 Å². The van der Waals surface area contributed by atoms with E-state index in [-0.39, 0.29) is 5.75 Å². The molecule has 3 nitrogen and oxygen atoms in total. The van der Waals surface area contributed by atoms with Crippen molar-refractivity contribution in [1.82, 2.24) is 4.98 Å². The number of nitrogens with zero attached hydrogens (tertiary/aromatic N) is 1. The third kappa shape index (κ3) is 3.36. The molecule has 0 saturated heterocycles. The molecule has 13 heavy (non-hydrogen) atoms. The smallest absolute Gasteiger partial charge is 0.313 e. The van der Waals surface area contributed by atoms with Gasteiger partial charge in [0, 0.05) is 4.47 Å². The average molecular weight is 262 g/mol. The topological polar surface area (TPSA) is 50.2 Å². The van der Waals surface area contributed by atoms with Crippen molar-refractivity contribution < 1.29 is 9.90 Å². The quantitative estimate of drug-likeness (QED) is 0.849. The standard InChI is InChI=1S/C8H8BrNO2S/c1-5-6(9)2-3-7(10-5)13-4-8(11)12/h2-3H,4H2,1H3,(H,11,12). The molecule has 0 radical (unpaired) electrons. The van der Waals surface area contributed by atoms with Crippen molar-refractivity contribution in [1.29, 1.82) is 0 Å². The Bertz CT molecular complexity index is 330. The van der Waals surface area contributed by atoms with Crippen molar-refractivity contribution in [3.05, 3.63) is 22.3 Å². The summed E-state index contributed by atoms with van der Waals surface area (Å²) in [6.07, 6.45) is 0. The summed E-state index contributed by atoms with van der Waals surface area (Å²) in [4.78, 5) is 14.5. The third-order valence-corrected chi connectivity index (χ3v) is 3.09. The Morgan fingerprint density at radius 3 is 2.92 bits per heavy atom. The van der Waals surface area contributed by atoms with Crippen molar-refractivity contribution in [2.24, 2.45) is 0 Å². The van der Waals surface area contributed by atoms with Gasteiger partial charge in [-0.3, -0.25) is 4.79 Å². The van der Waals surface area contributed by atoms with Crippen LogP contribution >= 0.6 is 27.7 Å². The summed E-state index contributed by atoms with van der Waals surface area (Å²) in [7, 11) is 0. The van der Waals surface area contributed by atoms with Gasteiger partial charge in [0.25, 0.3) is 0 Å². The molecule has 1 N–H and O–H groups in total. The summed E-state index contributed by atoms with van der Waals surface area (Å²) in [5.41, 5.74) is 0.871. The molecular formula is C8H8BrNO2S. The number of thioether (sulfide) groups is 1. The van der Waals surface area contributed by atoms with Gasteiger partial charge in [-0.15, -0.1) is 0 Å². The maximum atomic E-state index is 10.3. The van der Waals surface area contributed by atoms with Gasteiger partial charge in [0.05, 0.1) is 16.5 Å². The molecule has 0 saturated carbocycles. The minimum absolute atomic E-state index is 0.0497. The molecule has 0 aliphatic heterocycles. The fraction of sp³-hybridized carbons (Fsp3) is 0.250. The minimum atomic E-state index is -0.827. The number of hydrogen-bond donors (Lipinski definition) is 1. The lowest BCUT2D eigenvalue weighted by Gasteiger charge is -2.00. The normalized spacial score (nSPS) is 10.0. The Kier molecular flexibility index (Phi) is 3.74. The van der Waals surface area contributed by atoms with E-state index < -0.39 is 5.97 Å². The molecule has 0 amide bonds. The second kappa shape index (κ2) is 4.62. The molecule has 0 aliphatic rings. The lowest BCUT2D eigenvalue weighted by molar-refractivity contribution is -0.133. The molecule has 1 heterocycles. The molecule has 1 rings (SSSR count). The van der Waals surface area contributed by atoms with Crippen LogP contribution in [0, 0.1) is 6.92 Å². The Hall–Kier alpha value is -0.550. The number of rotatable bonds is 3. The van der Waals surface area contributed by atoms with Gasteiger partial charge in [0.2, 0.25) is 0 Å². The van der Waals surface area contributed by atoms with E-state index >= 15 is 0 Å². The van der Waals surface area contributed by atoms with Gasteiger partial charge in [-0.1, -0.05) is 11.8 Å². The van der Waals surface area contributed by atoms with E-state index in [9.17, 15) is 4.79 Å². The number of hydrogen-bond acceptors (Lipinski definition) is 3. The molecule has 0 fully saturated rings. The maximum absolute atomic E-state index is 10.3. The van der Waals surface area contributed by atoms with Gasteiger partial charge >= 0.3 is 5.97 Å². The Morgan fingerprint density at radius 1 is 1.69 bits per heavy atom. The van der Waals surface area contributed by atoms with Crippen molar-refractivity contribution in [2.45, 2.75) is 11.9 Å². The van der Waals surface area contributed by atoms with Crippen LogP contribution in [-0.4, -0.2) is 21.8 Å². The van der Waals surface area contributed by atoms with Gasteiger partial charge in [-0.2, -0.15) is 0 Å². The number of pyridine rings is 1. The molecule has 0 atom stereocenters. The summed E-state index contributed by atoms with van der Waals surface area (Å²) >= 11 is 4.54. The first-order valence-electron chi connectivity index (χ1n) is 3.57. The first kappa shape index (κ1) is 10.5. The van der Waals surface area contributed by atoms with E-state index in [4.69, 9.17) is 5.11 Å². The van der Waals surface area contributed by atoms with E-state index in [2.05, 4.69) is 20.9 Å². The fourth-order valence-electron chi connectivity index (χ4n) is 0.737. The summed E-state index contributed by atoms with van der Waals surface area (Å²) in [5, 5.41) is 9.18. The zero-order valence-corrected chi connectivity index (χ0v) is 9.35. The van der Waals surface area contributed by atoms with Crippen LogP contribution in [0.1, 0.15) is 5.69 Å². The molecule has 5 heteroatoms. The SMILES string of the molecule is Cc1nc(SCC(=O)O)ccc1Br. The molecule has 0 aliphatic carbocycles. The predicted octanol–water partition coefficient (Wildman–Crippen LogP) is 2.33. The first-order valence-corrected chi connectivity index (χ1v) is 5.35. The maximum Gasteiger partial charge on any atom is 0.313 e. The van der Waals surface area contributed by atoms with E-state index in [0.29, 0.717) is 0 Å². The second-order valence-corrected chi connectivity index (χ2v) is 4.25. The summed E-state index contributed by atoms with van der Waals surface area (Å²) < 4.78 is 0.937. The molecule has 0 aromatic carbocycles. The Morgan fingerprint density at radius 2 is 2.38 bits per heavy atom. The number of aliphatic carboxylic acids is 1. The predicted molar refractivity (Wildman–Crippen MR) is 55.0 cm³/mol. The van der Waals surface area contributed by atoms with Crippen molar-refractivity contribution in [3.8, 4) is 0 Å². The minimum Gasteiger partial charge on any atom is -0.481 e. The summed E-state index contributed by atoms with van der Waals surface area (Å²) in [6.45, 7) is 1.87. The molecule has 0 spiro atoms. The number of carbonyl (C=O) groups is 1. The van der Waals surface area contributed by atoms with Crippen LogP contribution < -0.4 is 0 Å². The first-order chi connectivity index (χ1) is 6.09. The number of aromatic nitrogens is 1. The average Bonchev–Trinajstić information content (AvgIpc) is 2.07. The monoisotopic (exact) mass is 261 g/mol. The molecule has 0 bridgehead atoms. The van der Waals surface area contributed by atoms with Crippen LogP contribution in [0.3, 0.4) is 0 Å². The van der Waals surface area contributed by atoms with Gasteiger partial charge in [-0.25, -0.2) is 4.98 Å². The van der Waals surface area contributed by atoms with Crippen LogP contribution in [0.2, 0.25) is 0 Å². The van der Waals surface area contributed by atoms with E-state index in [1.165, 1.54) is 11.8 Å². The summed E-state index contributed by atoms with van der Waals surface area (Å²) in [5.74, 6) is -0.777. The second-order valence-electron chi connectivity index (χ2n) is 2.40. The number of carboxylic acid groups (broad SMARTS) is 1. The number of aryl methyl sites for hydroxylation is 1. The van der Waals surface area contributed by atoms with E-state index in [1.807, 2.05) is 13.0 Å². The highest BCUT2D eigenvalue weighted by Crippen LogP contribution is 2.20. The Balaban J connectivity index is 2.68. The number of carboxylic acids is 1. The fourth-order valence-corrected chi connectivity index (χ4v) is 1.60. The highest BCUT2D eigenvalue weighted by molar-refractivity contribution is 9.10. The van der Waals surface area contributed by atoms with Crippen LogP contribution in [-0.2, 0) is 4.79 Å². The van der Waals surface area contributed by atoms with Crippen LogP contribution in [0.25, 0.3) is 0 Å². The summed E-state index contributed by atoms with van der Waals surface area (Å²) in [6, 6.07) is 3.66. The van der Waals surface area contributed by atoms with Crippen molar-refractivity contribution >= 4 is 33.7 Å². The van der Waals surface area contributed by atoms with Crippen LogP contribution in [0.15, 0.2) is 21.6 Å². The molecule has 70 valence electrons. The third-order valence-electron chi connectivity index (χ3n) is 1.34. The van der Waals surface area contributed by atoms with E-state index in [1.54, 1.807) is 6.07 Å². The Labute approximate surface area is 88.7 Å². The van der Waals surface area contributed by atoms with Crippen molar-refractivity contribution in [2.75, 3.05) is 5.75 Å². The highest BCUT2D eigenvalue weighted by atomic mass is 79.9. The van der Waals surface area contributed by atoms with Gasteiger partial charge in [0.1, 0.15) is 0 Å². The molecule has 1 aromatic heterocycles. The molecule has 0 unspecified atom stereocenters. The molecular weight excluding hydrogens is 254 g/mol. The zero-order valence-electron chi connectivity index (χ0n) is 6.95. The van der Waals surface area contributed by atoms with Gasteiger partial charge < -0.3 is 5.11 Å². The van der Waals surface area contributed by atoms with E-state index in [0.717, 1.165) is 15.2 Å². The van der Waals surface area contributed by atoms with Crippen LogP contribution in [0.5, 0.6) is 0 Å². The lowest BCUT2D eigenvalue weighted by Crippen LogP contribution is -1.98. The lowest BCUT2D eigenvalue weighted by atomic mass is 10.4. The largest absolute Gasteiger partial charge is 0.481 e.